The van der Waals surface area contributed by atoms with Crippen LogP contribution in [0.15, 0.2) is 12.4 Å². The molecule has 0 bridgehead atoms. The summed E-state index contributed by atoms with van der Waals surface area (Å²) in [5.74, 6) is 2.64. The van der Waals surface area contributed by atoms with Gasteiger partial charge in [-0.15, -0.1) is 0 Å². The zero-order valence-corrected chi connectivity index (χ0v) is 16.3. The number of hydrogen-bond donors (Lipinski definition) is 1. The Balaban J connectivity index is 2.15. The Morgan fingerprint density at radius 1 is 1.15 bits per heavy atom. The molecule has 0 fully saturated rings. The van der Waals surface area contributed by atoms with E-state index in [-0.39, 0.29) is 5.92 Å². The monoisotopic (exact) mass is 357 g/mol. The van der Waals surface area contributed by atoms with Crippen LogP contribution in [0.3, 0.4) is 0 Å². The first-order valence-electron chi connectivity index (χ1n) is 9.01. The van der Waals surface area contributed by atoms with Gasteiger partial charge in [-0.3, -0.25) is 0 Å². The van der Waals surface area contributed by atoms with E-state index in [0.717, 1.165) is 17.9 Å². The zero-order valence-electron chi connectivity index (χ0n) is 16.3. The van der Waals surface area contributed by atoms with E-state index in [4.69, 9.17) is 4.98 Å². The van der Waals surface area contributed by atoms with Crippen LogP contribution >= 0.6 is 0 Å². The summed E-state index contributed by atoms with van der Waals surface area (Å²) >= 11 is 0. The van der Waals surface area contributed by atoms with E-state index in [0.29, 0.717) is 29.8 Å². The lowest BCUT2D eigenvalue weighted by molar-refractivity contribution is 0.0580. The summed E-state index contributed by atoms with van der Waals surface area (Å²) < 4.78 is 3.50. The molecule has 3 heterocycles. The van der Waals surface area contributed by atoms with Crippen LogP contribution in [-0.4, -0.2) is 45.1 Å². The van der Waals surface area contributed by atoms with Crippen LogP contribution < -0.4 is 0 Å². The van der Waals surface area contributed by atoms with Gasteiger partial charge in [-0.25, -0.2) is 19.2 Å². The summed E-state index contributed by atoms with van der Waals surface area (Å²) in [7, 11) is 0. The molecule has 0 saturated carbocycles. The molecule has 0 amide bonds. The molecule has 3 rings (SSSR count). The van der Waals surface area contributed by atoms with Crippen LogP contribution in [0.4, 0.5) is 0 Å². The molecule has 0 spiro atoms. The second-order valence-corrected chi connectivity index (χ2v) is 8.11. The molecule has 140 valence electrons. The van der Waals surface area contributed by atoms with Gasteiger partial charge in [-0.2, -0.15) is 15.2 Å². The highest BCUT2D eigenvalue weighted by Gasteiger charge is 2.22. The van der Waals surface area contributed by atoms with Gasteiger partial charge in [0.25, 0.3) is 5.78 Å². The fraction of sp³-hybridized carbons (Fsp3) is 0.611. The fourth-order valence-corrected chi connectivity index (χ4v) is 2.87. The largest absolute Gasteiger partial charge is 0.389 e. The van der Waals surface area contributed by atoms with Crippen LogP contribution in [0.25, 0.3) is 17.3 Å². The quantitative estimate of drug-likeness (QED) is 0.728. The van der Waals surface area contributed by atoms with Crippen molar-refractivity contribution in [3.8, 4) is 11.5 Å². The Bertz CT molecular complexity index is 902. The third-order valence-electron chi connectivity index (χ3n) is 3.94. The molecular weight excluding hydrogens is 330 g/mol. The zero-order chi connectivity index (χ0) is 19.1. The maximum absolute atomic E-state index is 10.3. The molecule has 0 atom stereocenters. The highest BCUT2D eigenvalue weighted by atomic mass is 16.3. The first kappa shape index (κ1) is 18.4. The van der Waals surface area contributed by atoms with Crippen molar-refractivity contribution in [2.75, 3.05) is 0 Å². The summed E-state index contributed by atoms with van der Waals surface area (Å²) in [6.45, 7) is 12.3. The molecule has 26 heavy (non-hydrogen) atoms. The van der Waals surface area contributed by atoms with Crippen molar-refractivity contribution in [1.82, 2.24) is 34.3 Å². The molecule has 0 aromatic carbocycles. The Hall–Kier alpha value is -2.35. The summed E-state index contributed by atoms with van der Waals surface area (Å²) in [5.41, 5.74) is 0.795. The van der Waals surface area contributed by atoms with Crippen molar-refractivity contribution >= 4 is 5.78 Å². The van der Waals surface area contributed by atoms with Crippen molar-refractivity contribution in [2.45, 2.75) is 66.0 Å². The van der Waals surface area contributed by atoms with Crippen molar-refractivity contribution in [3.63, 3.8) is 0 Å². The van der Waals surface area contributed by atoms with Crippen LogP contribution in [0.1, 0.15) is 59.0 Å². The van der Waals surface area contributed by atoms with Gasteiger partial charge in [0, 0.05) is 6.42 Å². The maximum Gasteiger partial charge on any atom is 0.253 e. The number of hydrogen-bond acceptors (Lipinski definition) is 6. The Morgan fingerprint density at radius 2 is 1.88 bits per heavy atom. The van der Waals surface area contributed by atoms with Crippen LogP contribution in [0.5, 0.6) is 0 Å². The molecule has 3 aromatic heterocycles. The predicted molar refractivity (Wildman–Crippen MR) is 98.7 cm³/mol. The molecule has 0 aliphatic rings. The van der Waals surface area contributed by atoms with E-state index >= 15 is 0 Å². The number of fused-ring (bicyclic) bond motifs is 1. The molecular formula is C18H27N7O. The summed E-state index contributed by atoms with van der Waals surface area (Å²) in [6, 6.07) is 1.98. The molecule has 8 heteroatoms. The Kier molecular flexibility index (Phi) is 4.79. The van der Waals surface area contributed by atoms with Crippen molar-refractivity contribution in [3.05, 3.63) is 23.9 Å². The standard InChI is InChI=1S/C18H27N7O/c1-11(2)7-15-22-16(24(23-15)9-18(5,6)26)13-8-14(12(3)4)25-17(21-13)19-10-20-25/h8,10-12,26H,7,9H2,1-6H3. The topological polar surface area (TPSA) is 94.0 Å². The lowest BCUT2D eigenvalue weighted by Gasteiger charge is -2.18. The van der Waals surface area contributed by atoms with Gasteiger partial charge in [0.1, 0.15) is 12.0 Å². The molecule has 8 nitrogen and oxygen atoms in total. The Labute approximate surface area is 153 Å². The van der Waals surface area contributed by atoms with E-state index in [1.54, 1.807) is 23.0 Å². The average Bonchev–Trinajstić information content (AvgIpc) is 3.10. The molecule has 0 radical (unpaired) electrons. The summed E-state index contributed by atoms with van der Waals surface area (Å²) in [4.78, 5) is 13.6. The van der Waals surface area contributed by atoms with Crippen LogP contribution in [0, 0.1) is 5.92 Å². The lowest BCUT2D eigenvalue weighted by Crippen LogP contribution is -2.27. The fourth-order valence-electron chi connectivity index (χ4n) is 2.87. The normalized spacial score (nSPS) is 12.7. The van der Waals surface area contributed by atoms with Gasteiger partial charge in [0.05, 0.1) is 17.8 Å². The SMILES string of the molecule is CC(C)Cc1nc(-c2cc(C(C)C)n3ncnc3n2)n(CC(C)(C)O)n1. The number of rotatable bonds is 6. The molecule has 1 N–H and O–H groups in total. The third kappa shape index (κ3) is 3.90. The summed E-state index contributed by atoms with van der Waals surface area (Å²) in [5, 5.41) is 19.2. The van der Waals surface area contributed by atoms with E-state index in [1.165, 1.54) is 6.33 Å². The molecule has 0 aliphatic heterocycles. The first-order valence-corrected chi connectivity index (χ1v) is 9.01. The first-order chi connectivity index (χ1) is 12.1. The molecule has 0 aliphatic carbocycles. The highest BCUT2D eigenvalue weighted by molar-refractivity contribution is 5.54. The smallest absolute Gasteiger partial charge is 0.253 e. The van der Waals surface area contributed by atoms with Gasteiger partial charge in [0.15, 0.2) is 11.6 Å². The predicted octanol–water partition coefficient (Wildman–Crippen LogP) is 2.48. The number of aliphatic hydroxyl groups is 1. The minimum absolute atomic E-state index is 0.252. The average molecular weight is 357 g/mol. The van der Waals surface area contributed by atoms with Crippen LogP contribution in [0.2, 0.25) is 0 Å². The van der Waals surface area contributed by atoms with Crippen molar-refractivity contribution in [2.24, 2.45) is 5.92 Å². The number of nitrogens with zero attached hydrogens (tertiary/aromatic N) is 7. The van der Waals surface area contributed by atoms with E-state index in [2.05, 4.69) is 47.9 Å². The van der Waals surface area contributed by atoms with E-state index in [9.17, 15) is 5.11 Å². The van der Waals surface area contributed by atoms with Gasteiger partial charge < -0.3 is 5.11 Å². The minimum Gasteiger partial charge on any atom is -0.389 e. The second kappa shape index (κ2) is 6.75. The third-order valence-corrected chi connectivity index (χ3v) is 3.94. The second-order valence-electron chi connectivity index (χ2n) is 8.11. The van der Waals surface area contributed by atoms with E-state index in [1.807, 2.05) is 6.07 Å². The molecule has 3 aromatic rings. The van der Waals surface area contributed by atoms with Gasteiger partial charge in [-0.1, -0.05) is 27.7 Å². The van der Waals surface area contributed by atoms with Gasteiger partial charge >= 0.3 is 0 Å². The van der Waals surface area contributed by atoms with Crippen molar-refractivity contribution < 1.29 is 5.11 Å². The van der Waals surface area contributed by atoms with Gasteiger partial charge in [0.2, 0.25) is 0 Å². The van der Waals surface area contributed by atoms with Crippen molar-refractivity contribution in [1.29, 1.82) is 0 Å². The maximum atomic E-state index is 10.3. The molecule has 0 saturated heterocycles. The van der Waals surface area contributed by atoms with Gasteiger partial charge in [-0.05, 0) is 31.7 Å². The Morgan fingerprint density at radius 3 is 2.50 bits per heavy atom. The number of aromatic nitrogens is 7. The molecule has 0 unspecified atom stereocenters. The summed E-state index contributed by atoms with van der Waals surface area (Å²) in [6.07, 6.45) is 2.28. The highest BCUT2D eigenvalue weighted by Crippen LogP contribution is 2.23. The minimum atomic E-state index is -0.905. The van der Waals surface area contributed by atoms with Crippen LogP contribution in [-0.2, 0) is 13.0 Å². The van der Waals surface area contributed by atoms with E-state index < -0.39 is 5.60 Å². The lowest BCUT2D eigenvalue weighted by atomic mass is 10.1.